The highest BCUT2D eigenvalue weighted by Gasteiger charge is 2.20. The Kier molecular flexibility index (Phi) is 7.12. The normalized spacial score (nSPS) is 12.1. The Hall–Kier alpha value is -3.46. The van der Waals surface area contributed by atoms with Crippen molar-refractivity contribution in [1.82, 2.24) is 9.88 Å². The molecule has 34 heavy (non-hydrogen) atoms. The molecule has 0 saturated heterocycles. The van der Waals surface area contributed by atoms with Crippen LogP contribution in [0.1, 0.15) is 5.56 Å². The lowest BCUT2D eigenvalue weighted by atomic mass is 9.99. The molecule has 1 heterocycles. The quantitative estimate of drug-likeness (QED) is 0.292. The molecule has 8 heteroatoms. The summed E-state index contributed by atoms with van der Waals surface area (Å²) in [5, 5.41) is 11.5. The number of fused-ring (bicyclic) bond motifs is 1. The van der Waals surface area contributed by atoms with Gasteiger partial charge in [-0.15, -0.1) is 0 Å². The second-order valence-electron chi connectivity index (χ2n) is 8.15. The number of nitrogens with zero attached hydrogens (tertiary/aromatic N) is 3. The fraction of sp³-hybridized carbons (Fsp3) is 0.192. The molecular formula is C26H26N3O4S-. The summed E-state index contributed by atoms with van der Waals surface area (Å²) in [6, 6.07) is 20.9. The molecule has 0 spiro atoms. The summed E-state index contributed by atoms with van der Waals surface area (Å²) >= 11 is -2.29. The highest BCUT2D eigenvalue weighted by atomic mass is 32.2. The molecule has 1 atom stereocenters. The number of phenolic OH excluding ortho intramolecular Hbond substituents is 1. The summed E-state index contributed by atoms with van der Waals surface area (Å²) in [5.41, 5.74) is 4.39. The van der Waals surface area contributed by atoms with Gasteiger partial charge in [-0.05, 0) is 50.0 Å². The highest BCUT2D eigenvalue weighted by molar-refractivity contribution is 7.78. The zero-order valence-electron chi connectivity index (χ0n) is 19.3. The van der Waals surface area contributed by atoms with Gasteiger partial charge < -0.3 is 19.3 Å². The third kappa shape index (κ3) is 4.89. The number of pyridine rings is 1. The van der Waals surface area contributed by atoms with Gasteiger partial charge in [-0.25, -0.2) is 0 Å². The molecule has 0 bridgehead atoms. The molecule has 3 aromatic carbocycles. The number of hydrogen-bond donors (Lipinski definition) is 1. The van der Waals surface area contributed by atoms with Crippen molar-refractivity contribution in [2.45, 2.75) is 5.75 Å². The van der Waals surface area contributed by atoms with Crippen LogP contribution in [0.3, 0.4) is 0 Å². The Labute approximate surface area is 201 Å². The Morgan fingerprint density at radius 3 is 2.50 bits per heavy atom. The molecule has 1 N–H and O–H groups in total. The van der Waals surface area contributed by atoms with Gasteiger partial charge in [0.2, 0.25) is 0 Å². The van der Waals surface area contributed by atoms with E-state index in [-0.39, 0.29) is 11.5 Å². The largest absolute Gasteiger partial charge is 0.772 e. The number of rotatable bonds is 8. The molecule has 0 aliphatic heterocycles. The molecule has 1 unspecified atom stereocenters. The van der Waals surface area contributed by atoms with E-state index in [0.29, 0.717) is 23.5 Å². The van der Waals surface area contributed by atoms with Gasteiger partial charge in [0, 0.05) is 34.2 Å². The van der Waals surface area contributed by atoms with Crippen molar-refractivity contribution in [2.24, 2.45) is 0 Å². The van der Waals surface area contributed by atoms with Crippen LogP contribution in [0.2, 0.25) is 0 Å². The zero-order chi connectivity index (χ0) is 24.2. The topological polar surface area (TPSA) is 89.0 Å². The monoisotopic (exact) mass is 476 g/mol. The molecule has 0 aliphatic carbocycles. The number of ether oxygens (including phenoxy) is 1. The first-order chi connectivity index (χ1) is 16.4. The molecule has 7 nitrogen and oxygen atoms in total. The number of aromatic nitrogens is 1. The predicted molar refractivity (Wildman–Crippen MR) is 135 cm³/mol. The Balaban J connectivity index is 2.00. The molecule has 0 saturated carbocycles. The summed E-state index contributed by atoms with van der Waals surface area (Å²) in [4.78, 5) is 8.65. The van der Waals surface area contributed by atoms with Crippen LogP contribution in [0.5, 0.6) is 11.5 Å². The summed E-state index contributed by atoms with van der Waals surface area (Å²) in [5.74, 6) is 0.262. The highest BCUT2D eigenvalue weighted by Crippen LogP contribution is 2.41. The minimum absolute atomic E-state index is 0.0453. The van der Waals surface area contributed by atoms with Crippen molar-refractivity contribution in [2.75, 3.05) is 32.8 Å². The lowest BCUT2D eigenvalue weighted by molar-refractivity contribution is 0.374. The maximum Gasteiger partial charge on any atom is 0.165 e. The maximum atomic E-state index is 11.7. The number of benzene rings is 3. The fourth-order valence-corrected chi connectivity index (χ4v) is 4.50. The Bertz CT molecular complexity index is 1330. The number of para-hydroxylation sites is 2. The molecular weight excluding hydrogens is 450 g/mol. The molecule has 176 valence electrons. The van der Waals surface area contributed by atoms with Gasteiger partial charge in [0.15, 0.2) is 11.5 Å². The van der Waals surface area contributed by atoms with Crippen LogP contribution in [0.15, 0.2) is 72.9 Å². The molecule has 4 rings (SSSR count). The van der Waals surface area contributed by atoms with E-state index in [9.17, 15) is 13.9 Å². The van der Waals surface area contributed by atoms with E-state index in [1.54, 1.807) is 12.3 Å². The number of hydrogen-bond acceptors (Lipinski definition) is 7. The lowest BCUT2D eigenvalue weighted by Gasteiger charge is -2.31. The third-order valence-corrected chi connectivity index (χ3v) is 6.03. The minimum Gasteiger partial charge on any atom is -0.772 e. The molecule has 0 radical (unpaired) electrons. The number of methoxy groups -OCH3 is 1. The zero-order valence-corrected chi connectivity index (χ0v) is 20.1. The van der Waals surface area contributed by atoms with E-state index >= 15 is 0 Å². The summed E-state index contributed by atoms with van der Waals surface area (Å²) in [6.07, 6.45) is 1.63. The second kappa shape index (κ2) is 10.2. The first-order valence-electron chi connectivity index (χ1n) is 10.7. The van der Waals surface area contributed by atoms with Crippen molar-refractivity contribution in [3.8, 4) is 22.6 Å². The van der Waals surface area contributed by atoms with Crippen LogP contribution >= 0.6 is 0 Å². The van der Waals surface area contributed by atoms with Crippen molar-refractivity contribution < 1.29 is 18.6 Å². The fourth-order valence-electron chi connectivity index (χ4n) is 4.03. The first kappa shape index (κ1) is 23.7. The van der Waals surface area contributed by atoms with Gasteiger partial charge in [0.05, 0.1) is 25.0 Å². The average Bonchev–Trinajstić information content (AvgIpc) is 2.82. The van der Waals surface area contributed by atoms with E-state index in [0.717, 1.165) is 27.8 Å². The van der Waals surface area contributed by atoms with Crippen LogP contribution in [-0.2, 0) is 16.8 Å². The number of anilines is 2. The van der Waals surface area contributed by atoms with Crippen LogP contribution in [0, 0.1) is 0 Å². The van der Waals surface area contributed by atoms with E-state index in [1.807, 2.05) is 79.7 Å². The van der Waals surface area contributed by atoms with E-state index in [2.05, 4.69) is 9.88 Å². The SMILES string of the molecule is COc1cccc(-c2ccc3ncc(CS(=O)[O-])c(N(CN(C)C)c4ccccc4)c3c2)c1O. The van der Waals surface area contributed by atoms with Crippen LogP contribution < -0.4 is 9.64 Å². The van der Waals surface area contributed by atoms with Crippen molar-refractivity contribution in [3.05, 3.63) is 78.5 Å². The van der Waals surface area contributed by atoms with Crippen LogP contribution in [-0.4, -0.2) is 51.6 Å². The van der Waals surface area contributed by atoms with Crippen LogP contribution in [0.4, 0.5) is 11.4 Å². The Morgan fingerprint density at radius 2 is 1.82 bits per heavy atom. The summed E-state index contributed by atoms with van der Waals surface area (Å²) in [6.45, 7) is 0.524. The second-order valence-corrected chi connectivity index (χ2v) is 9.05. The predicted octanol–water partition coefficient (Wildman–Crippen LogP) is 4.65. The molecule has 0 amide bonds. The molecule has 4 aromatic rings. The first-order valence-corrected chi connectivity index (χ1v) is 11.9. The van der Waals surface area contributed by atoms with Gasteiger partial charge >= 0.3 is 0 Å². The summed E-state index contributed by atoms with van der Waals surface area (Å²) in [7, 11) is 5.43. The van der Waals surface area contributed by atoms with Crippen molar-refractivity contribution in [3.63, 3.8) is 0 Å². The molecule has 0 aliphatic rings. The van der Waals surface area contributed by atoms with E-state index in [4.69, 9.17) is 4.74 Å². The third-order valence-electron chi connectivity index (χ3n) is 5.48. The van der Waals surface area contributed by atoms with Gasteiger partial charge in [-0.3, -0.25) is 14.1 Å². The van der Waals surface area contributed by atoms with Gasteiger partial charge in [0.1, 0.15) is 0 Å². The van der Waals surface area contributed by atoms with E-state index < -0.39 is 11.1 Å². The van der Waals surface area contributed by atoms with Crippen molar-refractivity contribution >= 4 is 33.4 Å². The van der Waals surface area contributed by atoms with Gasteiger partial charge in [-0.1, -0.05) is 47.5 Å². The number of aromatic hydroxyl groups is 1. The molecule has 1 aromatic heterocycles. The van der Waals surface area contributed by atoms with Gasteiger partial charge in [-0.2, -0.15) is 0 Å². The maximum absolute atomic E-state index is 11.7. The standard InChI is InChI=1S/C26H27N3O4S/c1-28(2)17-29(20-8-5-4-6-9-20)25-19(16-34(31)32)15-27-23-13-12-18(14-22(23)25)21-10-7-11-24(33-3)26(21)30/h4-15,30H,16-17H2,1-3H3,(H,31,32)/p-1. The Morgan fingerprint density at radius 1 is 1.06 bits per heavy atom. The van der Waals surface area contributed by atoms with E-state index in [1.165, 1.54) is 7.11 Å². The lowest BCUT2D eigenvalue weighted by Crippen LogP contribution is -2.30. The number of phenols is 1. The minimum atomic E-state index is -2.29. The van der Waals surface area contributed by atoms with Crippen molar-refractivity contribution in [1.29, 1.82) is 0 Å². The molecule has 0 fully saturated rings. The van der Waals surface area contributed by atoms with Crippen LogP contribution in [0.25, 0.3) is 22.0 Å². The average molecular weight is 477 g/mol. The smallest absolute Gasteiger partial charge is 0.165 e. The van der Waals surface area contributed by atoms with Gasteiger partial charge in [0.25, 0.3) is 0 Å². The summed E-state index contributed by atoms with van der Waals surface area (Å²) < 4.78 is 28.8.